The standard InChI is InChI=1S/C14H29N3O/c1-11(9-12-7-5-6-8-16-12)17-10-14(2,3)13(18)15-4/h11-12,16-17H,5-10H2,1-4H3,(H,15,18). The number of piperidine rings is 1. The van der Waals surface area contributed by atoms with Gasteiger partial charge in [0.05, 0.1) is 5.41 Å². The molecule has 1 rings (SSSR count). The summed E-state index contributed by atoms with van der Waals surface area (Å²) in [5, 5.41) is 9.77. The molecule has 106 valence electrons. The molecule has 2 atom stereocenters. The normalized spacial score (nSPS) is 22.6. The number of carbonyl (C=O) groups is 1. The molecule has 18 heavy (non-hydrogen) atoms. The first kappa shape index (κ1) is 15.4. The van der Waals surface area contributed by atoms with E-state index in [2.05, 4.69) is 22.9 Å². The van der Waals surface area contributed by atoms with E-state index in [1.807, 2.05) is 13.8 Å². The minimum Gasteiger partial charge on any atom is -0.359 e. The molecule has 0 aromatic heterocycles. The molecule has 1 amide bonds. The van der Waals surface area contributed by atoms with Crippen LogP contribution in [0.15, 0.2) is 0 Å². The van der Waals surface area contributed by atoms with Gasteiger partial charge in [0.15, 0.2) is 0 Å². The lowest BCUT2D eigenvalue weighted by Gasteiger charge is -2.29. The van der Waals surface area contributed by atoms with Gasteiger partial charge in [0, 0.05) is 25.7 Å². The summed E-state index contributed by atoms with van der Waals surface area (Å²) in [6, 6.07) is 1.09. The second kappa shape index (κ2) is 7.10. The van der Waals surface area contributed by atoms with Crippen molar-refractivity contribution in [3.63, 3.8) is 0 Å². The molecule has 0 radical (unpaired) electrons. The van der Waals surface area contributed by atoms with Gasteiger partial charge >= 0.3 is 0 Å². The topological polar surface area (TPSA) is 53.2 Å². The van der Waals surface area contributed by atoms with E-state index < -0.39 is 0 Å². The third-order valence-corrected chi connectivity index (χ3v) is 3.78. The molecule has 0 saturated carbocycles. The molecule has 1 saturated heterocycles. The van der Waals surface area contributed by atoms with Crippen molar-refractivity contribution in [1.82, 2.24) is 16.0 Å². The maximum atomic E-state index is 11.7. The predicted molar refractivity (Wildman–Crippen MR) is 75.6 cm³/mol. The number of hydrogen-bond donors (Lipinski definition) is 3. The Balaban J connectivity index is 2.27. The van der Waals surface area contributed by atoms with Gasteiger partial charge < -0.3 is 16.0 Å². The van der Waals surface area contributed by atoms with Gasteiger partial charge in [0.1, 0.15) is 0 Å². The van der Waals surface area contributed by atoms with E-state index in [4.69, 9.17) is 0 Å². The van der Waals surface area contributed by atoms with Crippen molar-refractivity contribution < 1.29 is 4.79 Å². The van der Waals surface area contributed by atoms with Gasteiger partial charge in [-0.3, -0.25) is 4.79 Å². The average molecular weight is 255 g/mol. The third-order valence-electron chi connectivity index (χ3n) is 3.78. The third kappa shape index (κ3) is 4.94. The molecule has 1 aliphatic rings. The summed E-state index contributed by atoms with van der Waals surface area (Å²) in [5.74, 6) is 0.0954. The van der Waals surface area contributed by atoms with E-state index in [-0.39, 0.29) is 11.3 Å². The van der Waals surface area contributed by atoms with E-state index in [1.165, 1.54) is 19.3 Å². The van der Waals surface area contributed by atoms with Crippen molar-refractivity contribution in [3.05, 3.63) is 0 Å². The summed E-state index contributed by atoms with van der Waals surface area (Å²) in [6.45, 7) is 8.03. The second-order valence-corrected chi connectivity index (χ2v) is 6.13. The highest BCUT2D eigenvalue weighted by molar-refractivity contribution is 5.81. The molecule has 4 nitrogen and oxygen atoms in total. The van der Waals surface area contributed by atoms with Crippen LogP contribution in [-0.4, -0.2) is 38.1 Å². The summed E-state index contributed by atoms with van der Waals surface area (Å²) in [5.41, 5.74) is -0.344. The van der Waals surface area contributed by atoms with Crippen LogP contribution in [0.5, 0.6) is 0 Å². The lowest BCUT2D eigenvalue weighted by atomic mass is 9.91. The number of nitrogens with one attached hydrogen (secondary N) is 3. The zero-order valence-corrected chi connectivity index (χ0v) is 12.3. The molecule has 0 spiro atoms. The van der Waals surface area contributed by atoms with Gasteiger partial charge in [-0.15, -0.1) is 0 Å². The molecule has 4 heteroatoms. The van der Waals surface area contributed by atoms with Crippen LogP contribution in [-0.2, 0) is 4.79 Å². The van der Waals surface area contributed by atoms with E-state index in [1.54, 1.807) is 7.05 Å². The maximum absolute atomic E-state index is 11.7. The first-order chi connectivity index (χ1) is 8.45. The maximum Gasteiger partial charge on any atom is 0.226 e. The number of carbonyl (C=O) groups excluding carboxylic acids is 1. The Labute approximate surface area is 111 Å². The molecule has 1 aliphatic heterocycles. The quantitative estimate of drug-likeness (QED) is 0.670. The van der Waals surface area contributed by atoms with Crippen LogP contribution in [0.2, 0.25) is 0 Å². The van der Waals surface area contributed by atoms with Crippen LogP contribution in [0.25, 0.3) is 0 Å². The Hall–Kier alpha value is -0.610. The van der Waals surface area contributed by atoms with Gasteiger partial charge in [-0.25, -0.2) is 0 Å². The number of amides is 1. The summed E-state index contributed by atoms with van der Waals surface area (Å²) < 4.78 is 0. The largest absolute Gasteiger partial charge is 0.359 e. The van der Waals surface area contributed by atoms with Gasteiger partial charge in [-0.2, -0.15) is 0 Å². The summed E-state index contributed by atoms with van der Waals surface area (Å²) in [7, 11) is 1.69. The first-order valence-electron chi connectivity index (χ1n) is 7.14. The lowest BCUT2D eigenvalue weighted by Crippen LogP contribution is -2.46. The summed E-state index contributed by atoms with van der Waals surface area (Å²) >= 11 is 0. The van der Waals surface area contributed by atoms with Crippen molar-refractivity contribution in [2.75, 3.05) is 20.1 Å². The molecular weight excluding hydrogens is 226 g/mol. The Morgan fingerprint density at radius 2 is 2.17 bits per heavy atom. The molecule has 0 aliphatic carbocycles. The lowest BCUT2D eigenvalue weighted by molar-refractivity contribution is -0.128. The zero-order valence-electron chi connectivity index (χ0n) is 12.3. The number of rotatable bonds is 6. The highest BCUT2D eigenvalue weighted by Crippen LogP contribution is 2.15. The molecular formula is C14H29N3O. The minimum absolute atomic E-state index is 0.0954. The van der Waals surface area contributed by atoms with Gasteiger partial charge in [0.25, 0.3) is 0 Å². The number of hydrogen-bond acceptors (Lipinski definition) is 3. The SMILES string of the molecule is CNC(=O)C(C)(C)CNC(C)CC1CCCCN1. The highest BCUT2D eigenvalue weighted by atomic mass is 16.2. The van der Waals surface area contributed by atoms with Gasteiger partial charge in [-0.1, -0.05) is 6.42 Å². The summed E-state index contributed by atoms with van der Waals surface area (Å²) in [4.78, 5) is 11.7. The van der Waals surface area contributed by atoms with Crippen molar-refractivity contribution in [2.45, 2.75) is 58.5 Å². The smallest absolute Gasteiger partial charge is 0.226 e. The van der Waals surface area contributed by atoms with Crippen molar-refractivity contribution in [2.24, 2.45) is 5.41 Å². The van der Waals surface area contributed by atoms with E-state index in [9.17, 15) is 4.79 Å². The zero-order chi connectivity index (χ0) is 13.6. The monoisotopic (exact) mass is 255 g/mol. The molecule has 0 aromatic carbocycles. The van der Waals surface area contributed by atoms with Gasteiger partial charge in [0.2, 0.25) is 5.91 Å². The molecule has 2 unspecified atom stereocenters. The minimum atomic E-state index is -0.344. The van der Waals surface area contributed by atoms with Crippen LogP contribution in [0, 0.1) is 5.41 Å². The fourth-order valence-electron chi connectivity index (χ4n) is 2.48. The van der Waals surface area contributed by atoms with E-state index in [0.29, 0.717) is 12.1 Å². The Morgan fingerprint density at radius 3 is 2.72 bits per heavy atom. The molecule has 0 aromatic rings. The Bertz CT molecular complexity index is 260. The van der Waals surface area contributed by atoms with E-state index in [0.717, 1.165) is 19.5 Å². The highest BCUT2D eigenvalue weighted by Gasteiger charge is 2.27. The molecule has 1 fully saturated rings. The van der Waals surface area contributed by atoms with Gasteiger partial charge in [-0.05, 0) is 46.6 Å². The molecule has 1 heterocycles. The Kier molecular flexibility index (Phi) is 6.09. The van der Waals surface area contributed by atoms with Crippen LogP contribution in [0.4, 0.5) is 0 Å². The molecule has 3 N–H and O–H groups in total. The Morgan fingerprint density at radius 1 is 1.44 bits per heavy atom. The average Bonchev–Trinajstić information content (AvgIpc) is 2.36. The van der Waals surface area contributed by atoms with Crippen LogP contribution >= 0.6 is 0 Å². The molecule has 0 bridgehead atoms. The van der Waals surface area contributed by atoms with Crippen LogP contribution < -0.4 is 16.0 Å². The second-order valence-electron chi connectivity index (χ2n) is 6.13. The fourth-order valence-corrected chi connectivity index (χ4v) is 2.48. The van der Waals surface area contributed by atoms with E-state index >= 15 is 0 Å². The predicted octanol–water partition coefficient (Wildman–Crippen LogP) is 1.27. The summed E-state index contributed by atoms with van der Waals surface area (Å²) in [6.07, 6.45) is 5.07. The fraction of sp³-hybridized carbons (Fsp3) is 0.929. The van der Waals surface area contributed by atoms with Crippen molar-refractivity contribution in [3.8, 4) is 0 Å². The van der Waals surface area contributed by atoms with Crippen LogP contribution in [0.3, 0.4) is 0 Å². The van der Waals surface area contributed by atoms with Crippen molar-refractivity contribution in [1.29, 1.82) is 0 Å². The first-order valence-corrected chi connectivity index (χ1v) is 7.14. The van der Waals surface area contributed by atoms with Crippen LogP contribution in [0.1, 0.15) is 46.5 Å². The van der Waals surface area contributed by atoms with Crippen molar-refractivity contribution >= 4 is 5.91 Å².